The maximum atomic E-state index is 12.1. The van der Waals surface area contributed by atoms with E-state index in [9.17, 15) is 9.59 Å². The van der Waals surface area contributed by atoms with Gasteiger partial charge in [-0.2, -0.15) is 0 Å². The third-order valence-corrected chi connectivity index (χ3v) is 5.06. The normalized spacial score (nSPS) is 15.5. The summed E-state index contributed by atoms with van der Waals surface area (Å²) in [6.45, 7) is 2.38. The van der Waals surface area contributed by atoms with E-state index in [0.29, 0.717) is 17.1 Å². The highest BCUT2D eigenvalue weighted by Crippen LogP contribution is 2.28. The van der Waals surface area contributed by atoms with Gasteiger partial charge in [0, 0.05) is 10.4 Å². The molecule has 1 fully saturated rings. The second-order valence-corrected chi connectivity index (χ2v) is 6.77. The quantitative estimate of drug-likeness (QED) is 0.593. The van der Waals surface area contributed by atoms with Crippen LogP contribution in [0.4, 0.5) is 5.69 Å². The summed E-state index contributed by atoms with van der Waals surface area (Å²) in [6, 6.07) is 7.23. The van der Waals surface area contributed by atoms with Gasteiger partial charge in [-0.3, -0.25) is 19.7 Å². The zero-order chi connectivity index (χ0) is 16.2. The summed E-state index contributed by atoms with van der Waals surface area (Å²) < 4.78 is 0.928. The minimum atomic E-state index is -0.526. The molecule has 0 atom stereocenters. The van der Waals surface area contributed by atoms with Crippen LogP contribution >= 0.6 is 11.3 Å². The Hall–Kier alpha value is -1.96. The van der Waals surface area contributed by atoms with E-state index in [0.717, 1.165) is 36.0 Å². The number of thiophene rings is 1. The fraction of sp³-hybridized carbons (Fsp3) is 0.375. The number of hydrogen-bond donors (Lipinski definition) is 3. The number of hydroxylamine groups is 1. The van der Waals surface area contributed by atoms with Crippen LogP contribution in [0.1, 0.15) is 28.9 Å². The number of amides is 2. The van der Waals surface area contributed by atoms with Crippen LogP contribution in [-0.2, 0) is 4.79 Å². The average Bonchev–Trinajstić information content (AvgIpc) is 2.98. The lowest BCUT2D eigenvalue weighted by molar-refractivity contribution is -0.117. The number of carbonyl (C=O) groups is 2. The first-order valence-corrected chi connectivity index (χ1v) is 8.47. The molecule has 1 aliphatic rings. The Morgan fingerprint density at radius 3 is 2.70 bits per heavy atom. The van der Waals surface area contributed by atoms with Gasteiger partial charge in [-0.25, -0.2) is 5.48 Å². The summed E-state index contributed by atoms with van der Waals surface area (Å²) in [6.07, 6.45) is 3.56. The largest absolute Gasteiger partial charge is 0.325 e. The minimum absolute atomic E-state index is 0.0187. The number of fused-ring (bicyclic) bond motifs is 1. The molecule has 1 aromatic heterocycles. The predicted molar refractivity (Wildman–Crippen MR) is 90.0 cm³/mol. The van der Waals surface area contributed by atoms with Gasteiger partial charge in [0.2, 0.25) is 5.91 Å². The van der Waals surface area contributed by atoms with E-state index in [-0.39, 0.29) is 5.91 Å². The molecule has 0 aliphatic carbocycles. The smallest absolute Gasteiger partial charge is 0.284 e. The van der Waals surface area contributed by atoms with Crippen LogP contribution in [0.25, 0.3) is 10.1 Å². The molecule has 3 N–H and O–H groups in total. The predicted octanol–water partition coefficient (Wildman–Crippen LogP) is 2.44. The van der Waals surface area contributed by atoms with Crippen molar-refractivity contribution < 1.29 is 14.8 Å². The lowest BCUT2D eigenvalue weighted by Gasteiger charge is -2.25. The summed E-state index contributed by atoms with van der Waals surface area (Å²) in [4.78, 5) is 26.2. The molecule has 0 unspecified atom stereocenters. The molecule has 0 spiro atoms. The molecule has 1 aromatic carbocycles. The molecule has 2 aromatic rings. The third kappa shape index (κ3) is 3.87. The van der Waals surface area contributed by atoms with Crippen molar-refractivity contribution >= 4 is 38.9 Å². The highest BCUT2D eigenvalue weighted by atomic mass is 32.1. The van der Waals surface area contributed by atoms with Crippen LogP contribution in [0.2, 0.25) is 0 Å². The fourth-order valence-electron chi connectivity index (χ4n) is 2.81. The maximum Gasteiger partial charge on any atom is 0.284 e. The van der Waals surface area contributed by atoms with Crippen molar-refractivity contribution in [1.82, 2.24) is 10.4 Å². The summed E-state index contributed by atoms with van der Waals surface area (Å²) in [5.74, 6) is -0.545. The van der Waals surface area contributed by atoms with Gasteiger partial charge >= 0.3 is 0 Å². The Kier molecular flexibility index (Phi) is 4.90. The topological polar surface area (TPSA) is 81.7 Å². The zero-order valence-corrected chi connectivity index (χ0v) is 13.5. The molecule has 7 heteroatoms. The van der Waals surface area contributed by atoms with Crippen LogP contribution in [-0.4, -0.2) is 41.6 Å². The Morgan fingerprint density at radius 2 is 1.96 bits per heavy atom. The van der Waals surface area contributed by atoms with E-state index in [1.54, 1.807) is 11.5 Å². The van der Waals surface area contributed by atoms with E-state index in [4.69, 9.17) is 5.21 Å². The molecule has 3 rings (SSSR count). The van der Waals surface area contributed by atoms with Gasteiger partial charge in [-0.1, -0.05) is 6.42 Å². The second kappa shape index (κ2) is 7.08. The van der Waals surface area contributed by atoms with Crippen LogP contribution in [0.5, 0.6) is 0 Å². The summed E-state index contributed by atoms with van der Waals surface area (Å²) >= 11 is 1.29. The molecule has 2 heterocycles. The highest BCUT2D eigenvalue weighted by molar-refractivity contribution is 7.20. The van der Waals surface area contributed by atoms with Crippen molar-refractivity contribution in [3.05, 3.63) is 29.1 Å². The van der Waals surface area contributed by atoms with Gasteiger partial charge < -0.3 is 5.32 Å². The SMILES string of the molecule is O=C(CN1CCCCC1)Nc1ccc2sc(C(=O)NO)cc2c1. The third-order valence-electron chi connectivity index (χ3n) is 3.94. The second-order valence-electron chi connectivity index (χ2n) is 5.69. The monoisotopic (exact) mass is 333 g/mol. The number of hydrogen-bond acceptors (Lipinski definition) is 5. The maximum absolute atomic E-state index is 12.1. The Labute approximate surface area is 138 Å². The van der Waals surface area contributed by atoms with E-state index >= 15 is 0 Å². The number of nitrogens with zero attached hydrogens (tertiary/aromatic N) is 1. The highest BCUT2D eigenvalue weighted by Gasteiger charge is 2.14. The van der Waals surface area contributed by atoms with Gasteiger partial charge in [0.25, 0.3) is 5.91 Å². The molecular formula is C16H19N3O3S. The number of anilines is 1. The zero-order valence-electron chi connectivity index (χ0n) is 12.7. The van der Waals surface area contributed by atoms with Gasteiger partial charge in [0.05, 0.1) is 11.4 Å². The summed E-state index contributed by atoms with van der Waals surface area (Å²) in [5.41, 5.74) is 2.35. The molecule has 122 valence electrons. The molecule has 0 bridgehead atoms. The molecule has 0 saturated carbocycles. The molecule has 0 radical (unpaired) electrons. The first-order valence-electron chi connectivity index (χ1n) is 7.66. The van der Waals surface area contributed by atoms with Crippen LogP contribution in [0.3, 0.4) is 0 Å². The Bertz CT molecular complexity index is 722. The van der Waals surface area contributed by atoms with Crippen molar-refractivity contribution in [2.24, 2.45) is 0 Å². The van der Waals surface area contributed by atoms with Crippen molar-refractivity contribution in [1.29, 1.82) is 0 Å². The first kappa shape index (κ1) is 15.9. The number of rotatable bonds is 4. The van der Waals surface area contributed by atoms with Crippen molar-refractivity contribution in [2.45, 2.75) is 19.3 Å². The Balaban J connectivity index is 1.67. The number of nitrogens with one attached hydrogen (secondary N) is 2. The van der Waals surface area contributed by atoms with Crippen molar-refractivity contribution in [3.8, 4) is 0 Å². The van der Waals surface area contributed by atoms with E-state index in [1.165, 1.54) is 17.8 Å². The lowest BCUT2D eigenvalue weighted by atomic mass is 10.1. The number of carbonyl (C=O) groups excluding carboxylic acids is 2. The van der Waals surface area contributed by atoms with Crippen molar-refractivity contribution in [3.63, 3.8) is 0 Å². The van der Waals surface area contributed by atoms with E-state index in [1.807, 2.05) is 18.2 Å². The van der Waals surface area contributed by atoms with Gasteiger partial charge in [0.15, 0.2) is 0 Å². The fourth-order valence-corrected chi connectivity index (χ4v) is 3.74. The molecule has 2 amide bonds. The molecule has 6 nitrogen and oxygen atoms in total. The first-order chi connectivity index (χ1) is 11.2. The summed E-state index contributed by atoms with van der Waals surface area (Å²) in [7, 11) is 0. The van der Waals surface area contributed by atoms with Gasteiger partial charge in [-0.05, 0) is 55.6 Å². The Morgan fingerprint density at radius 1 is 1.17 bits per heavy atom. The lowest BCUT2D eigenvalue weighted by Crippen LogP contribution is -2.36. The molecule has 1 aliphatic heterocycles. The van der Waals surface area contributed by atoms with E-state index < -0.39 is 5.91 Å². The van der Waals surface area contributed by atoms with Crippen molar-refractivity contribution in [2.75, 3.05) is 25.0 Å². The van der Waals surface area contributed by atoms with Crippen LogP contribution < -0.4 is 10.8 Å². The standard InChI is InChI=1S/C16H19N3O3S/c20-15(10-19-6-2-1-3-7-19)17-12-4-5-13-11(8-12)9-14(23-13)16(21)18-22/h4-5,8-9,22H,1-3,6-7,10H2,(H,17,20)(H,18,21). The number of likely N-dealkylation sites (tertiary alicyclic amines) is 1. The van der Waals surface area contributed by atoms with Gasteiger partial charge in [0.1, 0.15) is 0 Å². The average molecular weight is 333 g/mol. The van der Waals surface area contributed by atoms with Crippen LogP contribution in [0, 0.1) is 0 Å². The summed E-state index contributed by atoms with van der Waals surface area (Å²) in [5, 5.41) is 12.5. The van der Waals surface area contributed by atoms with Crippen LogP contribution in [0.15, 0.2) is 24.3 Å². The van der Waals surface area contributed by atoms with Gasteiger partial charge in [-0.15, -0.1) is 11.3 Å². The molecular weight excluding hydrogens is 314 g/mol. The number of benzene rings is 1. The molecule has 23 heavy (non-hydrogen) atoms. The number of piperidine rings is 1. The van der Waals surface area contributed by atoms with E-state index in [2.05, 4.69) is 10.2 Å². The minimum Gasteiger partial charge on any atom is -0.325 e. The molecule has 1 saturated heterocycles.